The predicted molar refractivity (Wildman–Crippen MR) is 61.0 cm³/mol. The molecule has 1 fully saturated rings. The fourth-order valence-corrected chi connectivity index (χ4v) is 2.18. The second-order valence-electron chi connectivity index (χ2n) is 4.39. The number of H-pyrrole nitrogens is 1. The first-order valence-corrected chi connectivity index (χ1v) is 5.73. The van der Waals surface area contributed by atoms with Crippen LogP contribution in [-0.4, -0.2) is 40.0 Å². The predicted octanol–water partition coefficient (Wildman–Crippen LogP) is 0.137. The number of carbonyl (C=O) groups is 2. The summed E-state index contributed by atoms with van der Waals surface area (Å²) in [5, 5.41) is 6.38. The quantitative estimate of drug-likeness (QED) is 0.781. The van der Waals surface area contributed by atoms with Crippen LogP contribution in [0.5, 0.6) is 0 Å². The highest BCUT2D eigenvalue weighted by Crippen LogP contribution is 2.21. The first-order valence-electron chi connectivity index (χ1n) is 5.73. The average molecular weight is 236 g/mol. The molecule has 0 aromatic carbocycles. The first-order chi connectivity index (χ1) is 8.16. The van der Waals surface area contributed by atoms with Crippen LogP contribution in [0.1, 0.15) is 29.6 Å². The molecule has 0 saturated carbocycles. The summed E-state index contributed by atoms with van der Waals surface area (Å²) in [5.41, 5.74) is 5.74. The SMILES string of the molecule is NC(=O)CC1CCN(C(=O)c2cn[nH]c2)CC1. The van der Waals surface area contributed by atoms with Gasteiger partial charge in [0.15, 0.2) is 0 Å². The number of nitrogens with one attached hydrogen (secondary N) is 1. The summed E-state index contributed by atoms with van der Waals surface area (Å²) in [4.78, 5) is 24.6. The molecule has 92 valence electrons. The van der Waals surface area contributed by atoms with Crippen LogP contribution in [-0.2, 0) is 4.79 Å². The van der Waals surface area contributed by atoms with Crippen molar-refractivity contribution in [2.45, 2.75) is 19.3 Å². The van der Waals surface area contributed by atoms with Crippen molar-refractivity contribution in [1.29, 1.82) is 0 Å². The maximum atomic E-state index is 12.0. The summed E-state index contributed by atoms with van der Waals surface area (Å²) >= 11 is 0. The molecule has 0 unspecified atom stereocenters. The number of carbonyl (C=O) groups excluding carboxylic acids is 2. The van der Waals surface area contributed by atoms with E-state index >= 15 is 0 Å². The number of nitrogens with zero attached hydrogens (tertiary/aromatic N) is 2. The smallest absolute Gasteiger partial charge is 0.257 e. The molecule has 0 radical (unpaired) electrons. The molecule has 0 spiro atoms. The van der Waals surface area contributed by atoms with Gasteiger partial charge in [0, 0.05) is 25.7 Å². The van der Waals surface area contributed by atoms with Crippen LogP contribution in [0.4, 0.5) is 0 Å². The topological polar surface area (TPSA) is 92.1 Å². The lowest BCUT2D eigenvalue weighted by molar-refractivity contribution is -0.119. The van der Waals surface area contributed by atoms with Gasteiger partial charge in [-0.05, 0) is 18.8 Å². The largest absolute Gasteiger partial charge is 0.370 e. The Morgan fingerprint density at radius 3 is 2.71 bits per heavy atom. The molecule has 1 saturated heterocycles. The second kappa shape index (κ2) is 4.99. The lowest BCUT2D eigenvalue weighted by Gasteiger charge is -2.31. The third-order valence-corrected chi connectivity index (χ3v) is 3.14. The van der Waals surface area contributed by atoms with Gasteiger partial charge in [-0.1, -0.05) is 0 Å². The highest BCUT2D eigenvalue weighted by atomic mass is 16.2. The van der Waals surface area contributed by atoms with Gasteiger partial charge in [0.25, 0.3) is 5.91 Å². The van der Waals surface area contributed by atoms with E-state index in [1.54, 1.807) is 11.1 Å². The normalized spacial score (nSPS) is 17.1. The summed E-state index contributed by atoms with van der Waals surface area (Å²) < 4.78 is 0. The molecular formula is C11H16N4O2. The molecule has 2 amide bonds. The van der Waals surface area contributed by atoms with Gasteiger partial charge in [-0.25, -0.2) is 0 Å². The van der Waals surface area contributed by atoms with E-state index in [9.17, 15) is 9.59 Å². The van der Waals surface area contributed by atoms with Gasteiger partial charge in [-0.2, -0.15) is 5.10 Å². The summed E-state index contributed by atoms with van der Waals surface area (Å²) in [7, 11) is 0. The number of hydrogen-bond donors (Lipinski definition) is 2. The molecule has 3 N–H and O–H groups in total. The molecule has 2 heterocycles. The average Bonchev–Trinajstić information content (AvgIpc) is 2.82. The molecule has 2 rings (SSSR count). The van der Waals surface area contributed by atoms with Crippen molar-refractivity contribution in [3.63, 3.8) is 0 Å². The number of nitrogens with two attached hydrogens (primary N) is 1. The molecule has 0 bridgehead atoms. The van der Waals surface area contributed by atoms with Crippen molar-refractivity contribution in [2.75, 3.05) is 13.1 Å². The number of likely N-dealkylation sites (tertiary alicyclic amines) is 1. The number of aromatic nitrogens is 2. The van der Waals surface area contributed by atoms with Crippen LogP contribution in [0.3, 0.4) is 0 Å². The van der Waals surface area contributed by atoms with Crippen molar-refractivity contribution in [3.8, 4) is 0 Å². The number of piperidine rings is 1. The fourth-order valence-electron chi connectivity index (χ4n) is 2.18. The summed E-state index contributed by atoms with van der Waals surface area (Å²) in [6, 6.07) is 0. The molecule has 0 atom stereocenters. The van der Waals surface area contributed by atoms with E-state index in [2.05, 4.69) is 10.2 Å². The number of amides is 2. The van der Waals surface area contributed by atoms with Crippen LogP contribution >= 0.6 is 0 Å². The first kappa shape index (κ1) is 11.6. The van der Waals surface area contributed by atoms with Gasteiger partial charge in [0.2, 0.25) is 5.91 Å². The molecule has 1 aliphatic heterocycles. The minimum atomic E-state index is -0.260. The highest BCUT2D eigenvalue weighted by molar-refractivity contribution is 5.93. The Bertz CT molecular complexity index is 394. The van der Waals surface area contributed by atoms with E-state index in [0.29, 0.717) is 31.0 Å². The summed E-state index contributed by atoms with van der Waals surface area (Å²) in [5.74, 6) is 0.0572. The lowest BCUT2D eigenvalue weighted by Crippen LogP contribution is -2.39. The van der Waals surface area contributed by atoms with E-state index < -0.39 is 0 Å². The van der Waals surface area contributed by atoms with Crippen LogP contribution in [0.25, 0.3) is 0 Å². The van der Waals surface area contributed by atoms with Gasteiger partial charge in [0.1, 0.15) is 0 Å². The van der Waals surface area contributed by atoms with Gasteiger partial charge < -0.3 is 10.6 Å². The minimum absolute atomic E-state index is 0.00345. The van der Waals surface area contributed by atoms with Gasteiger partial charge in [0.05, 0.1) is 11.8 Å². The van der Waals surface area contributed by atoms with Crippen molar-refractivity contribution in [3.05, 3.63) is 18.0 Å². The van der Waals surface area contributed by atoms with E-state index in [1.807, 2.05) is 0 Å². The Morgan fingerprint density at radius 1 is 1.47 bits per heavy atom. The Hall–Kier alpha value is -1.85. The third-order valence-electron chi connectivity index (χ3n) is 3.14. The van der Waals surface area contributed by atoms with Crippen molar-refractivity contribution < 1.29 is 9.59 Å². The van der Waals surface area contributed by atoms with E-state index in [-0.39, 0.29) is 11.8 Å². The van der Waals surface area contributed by atoms with Crippen molar-refractivity contribution in [2.24, 2.45) is 11.7 Å². The van der Waals surface area contributed by atoms with E-state index in [1.165, 1.54) is 6.20 Å². The molecule has 6 heteroatoms. The molecule has 17 heavy (non-hydrogen) atoms. The monoisotopic (exact) mass is 236 g/mol. The van der Waals surface area contributed by atoms with E-state index in [0.717, 1.165) is 12.8 Å². The zero-order valence-corrected chi connectivity index (χ0v) is 9.56. The number of primary amides is 1. The van der Waals surface area contributed by atoms with Crippen LogP contribution in [0, 0.1) is 5.92 Å². The van der Waals surface area contributed by atoms with Crippen molar-refractivity contribution >= 4 is 11.8 Å². The zero-order chi connectivity index (χ0) is 12.3. The fraction of sp³-hybridized carbons (Fsp3) is 0.545. The standard InChI is InChI=1S/C11H16N4O2/c12-10(16)5-8-1-3-15(4-2-8)11(17)9-6-13-14-7-9/h6-8H,1-5H2,(H2,12,16)(H,13,14). The Balaban J connectivity index is 1.87. The molecule has 1 aromatic rings. The molecule has 0 aliphatic carbocycles. The minimum Gasteiger partial charge on any atom is -0.370 e. The molecule has 1 aliphatic rings. The van der Waals surface area contributed by atoms with Gasteiger partial charge in [-0.3, -0.25) is 14.7 Å². The van der Waals surface area contributed by atoms with E-state index in [4.69, 9.17) is 5.73 Å². The Kier molecular flexibility index (Phi) is 3.41. The molecule has 1 aromatic heterocycles. The number of hydrogen-bond acceptors (Lipinski definition) is 3. The van der Waals surface area contributed by atoms with Crippen LogP contribution in [0.2, 0.25) is 0 Å². The highest BCUT2D eigenvalue weighted by Gasteiger charge is 2.24. The Morgan fingerprint density at radius 2 is 2.18 bits per heavy atom. The molecular weight excluding hydrogens is 220 g/mol. The molecule has 6 nitrogen and oxygen atoms in total. The number of rotatable bonds is 3. The van der Waals surface area contributed by atoms with Crippen LogP contribution < -0.4 is 5.73 Å². The van der Waals surface area contributed by atoms with Gasteiger partial charge in [-0.15, -0.1) is 0 Å². The van der Waals surface area contributed by atoms with Crippen molar-refractivity contribution in [1.82, 2.24) is 15.1 Å². The Labute approximate surface area is 99.2 Å². The second-order valence-corrected chi connectivity index (χ2v) is 4.39. The lowest BCUT2D eigenvalue weighted by atomic mass is 9.93. The van der Waals surface area contributed by atoms with Crippen LogP contribution in [0.15, 0.2) is 12.4 Å². The maximum absolute atomic E-state index is 12.0. The summed E-state index contributed by atoms with van der Waals surface area (Å²) in [6.45, 7) is 1.36. The number of aromatic amines is 1. The summed E-state index contributed by atoms with van der Waals surface area (Å²) in [6.07, 6.45) is 5.22. The van der Waals surface area contributed by atoms with Gasteiger partial charge >= 0.3 is 0 Å². The third kappa shape index (κ3) is 2.83. The zero-order valence-electron chi connectivity index (χ0n) is 9.56. The maximum Gasteiger partial charge on any atom is 0.257 e.